The second-order valence-electron chi connectivity index (χ2n) is 6.09. The SMILES string of the molecule is Cc1ccc(Cl)cc1NCC(=O)Nc1cccc(OCC(C)C)c1. The summed E-state index contributed by atoms with van der Waals surface area (Å²) in [7, 11) is 0. The Morgan fingerprint density at radius 2 is 2.00 bits per heavy atom. The van der Waals surface area contributed by atoms with Crippen molar-refractivity contribution in [2.75, 3.05) is 23.8 Å². The number of hydrogen-bond donors (Lipinski definition) is 2. The quantitative estimate of drug-likeness (QED) is 0.761. The van der Waals surface area contributed by atoms with Crippen LogP contribution in [0.5, 0.6) is 5.75 Å². The predicted molar refractivity (Wildman–Crippen MR) is 100 cm³/mol. The van der Waals surface area contributed by atoms with Crippen LogP contribution in [0.3, 0.4) is 0 Å². The van der Waals surface area contributed by atoms with Crippen LogP contribution in [-0.4, -0.2) is 19.1 Å². The van der Waals surface area contributed by atoms with Crippen molar-refractivity contribution >= 4 is 28.9 Å². The van der Waals surface area contributed by atoms with Crippen molar-refractivity contribution in [1.29, 1.82) is 0 Å². The van der Waals surface area contributed by atoms with Crippen molar-refractivity contribution in [2.45, 2.75) is 20.8 Å². The van der Waals surface area contributed by atoms with E-state index in [0.717, 1.165) is 17.0 Å². The van der Waals surface area contributed by atoms with Crippen LogP contribution in [0.4, 0.5) is 11.4 Å². The van der Waals surface area contributed by atoms with Gasteiger partial charge in [0.1, 0.15) is 5.75 Å². The molecule has 2 rings (SSSR count). The Balaban J connectivity index is 1.90. The van der Waals surface area contributed by atoms with Gasteiger partial charge in [0.15, 0.2) is 0 Å². The number of rotatable bonds is 7. The van der Waals surface area contributed by atoms with Crippen LogP contribution >= 0.6 is 11.6 Å². The Morgan fingerprint density at radius 1 is 1.21 bits per heavy atom. The second-order valence-corrected chi connectivity index (χ2v) is 6.53. The Kier molecular flexibility index (Phi) is 6.50. The average Bonchev–Trinajstić information content (AvgIpc) is 2.54. The first kappa shape index (κ1) is 18.1. The zero-order valence-corrected chi connectivity index (χ0v) is 15.0. The number of nitrogens with one attached hydrogen (secondary N) is 2. The molecule has 0 aliphatic carbocycles. The van der Waals surface area contributed by atoms with E-state index in [-0.39, 0.29) is 12.5 Å². The molecule has 0 fully saturated rings. The largest absolute Gasteiger partial charge is 0.493 e. The number of anilines is 2. The molecule has 2 N–H and O–H groups in total. The van der Waals surface area contributed by atoms with Gasteiger partial charge in [0.2, 0.25) is 5.91 Å². The minimum Gasteiger partial charge on any atom is -0.493 e. The molecular weight excluding hydrogens is 324 g/mol. The Hall–Kier alpha value is -2.20. The smallest absolute Gasteiger partial charge is 0.243 e. The number of hydrogen-bond acceptors (Lipinski definition) is 3. The zero-order valence-electron chi connectivity index (χ0n) is 14.2. The number of carbonyl (C=O) groups is 1. The van der Waals surface area contributed by atoms with Crippen LogP contribution in [0.2, 0.25) is 5.02 Å². The van der Waals surface area contributed by atoms with E-state index in [1.54, 1.807) is 0 Å². The minimum atomic E-state index is -0.129. The van der Waals surface area contributed by atoms with E-state index in [9.17, 15) is 4.79 Å². The highest BCUT2D eigenvalue weighted by molar-refractivity contribution is 6.30. The number of ether oxygens (including phenoxy) is 1. The second kappa shape index (κ2) is 8.60. The highest BCUT2D eigenvalue weighted by Crippen LogP contribution is 2.20. The zero-order chi connectivity index (χ0) is 17.5. The van der Waals surface area contributed by atoms with Crippen molar-refractivity contribution < 1.29 is 9.53 Å². The molecule has 5 heteroatoms. The van der Waals surface area contributed by atoms with Gasteiger partial charge in [-0.25, -0.2) is 0 Å². The number of carbonyl (C=O) groups excluding carboxylic acids is 1. The van der Waals surface area contributed by atoms with Gasteiger partial charge >= 0.3 is 0 Å². The summed E-state index contributed by atoms with van der Waals surface area (Å²) >= 11 is 5.98. The lowest BCUT2D eigenvalue weighted by atomic mass is 10.2. The molecule has 0 aliphatic rings. The van der Waals surface area contributed by atoms with Gasteiger partial charge in [-0.2, -0.15) is 0 Å². The molecule has 0 heterocycles. The maximum Gasteiger partial charge on any atom is 0.243 e. The van der Waals surface area contributed by atoms with E-state index >= 15 is 0 Å². The van der Waals surface area contributed by atoms with Crippen molar-refractivity contribution in [3.63, 3.8) is 0 Å². The highest BCUT2D eigenvalue weighted by atomic mass is 35.5. The molecule has 0 bridgehead atoms. The molecule has 0 saturated heterocycles. The molecule has 4 nitrogen and oxygen atoms in total. The first-order valence-electron chi connectivity index (χ1n) is 7.97. The van der Waals surface area contributed by atoms with Gasteiger partial charge in [-0.05, 0) is 42.7 Å². The van der Waals surface area contributed by atoms with Crippen LogP contribution in [0.25, 0.3) is 0 Å². The first-order valence-corrected chi connectivity index (χ1v) is 8.34. The van der Waals surface area contributed by atoms with E-state index < -0.39 is 0 Å². The summed E-state index contributed by atoms with van der Waals surface area (Å²) in [5, 5.41) is 6.60. The molecule has 0 aromatic heterocycles. The van der Waals surface area contributed by atoms with Crippen LogP contribution in [0, 0.1) is 12.8 Å². The molecular formula is C19H23ClN2O2. The van der Waals surface area contributed by atoms with E-state index in [1.807, 2.05) is 49.4 Å². The van der Waals surface area contributed by atoms with E-state index in [1.165, 1.54) is 0 Å². The third-order valence-electron chi connectivity index (χ3n) is 3.34. The summed E-state index contributed by atoms with van der Waals surface area (Å²) in [5.41, 5.74) is 2.61. The van der Waals surface area contributed by atoms with Gasteiger partial charge in [-0.1, -0.05) is 37.6 Å². The van der Waals surface area contributed by atoms with Crippen molar-refractivity contribution in [2.24, 2.45) is 5.92 Å². The van der Waals surface area contributed by atoms with Gasteiger partial charge in [-0.3, -0.25) is 4.79 Å². The standard InChI is InChI=1S/C19H23ClN2O2/c1-13(2)12-24-17-6-4-5-16(10-17)22-19(23)11-21-18-9-15(20)8-7-14(18)3/h4-10,13,21H,11-12H2,1-3H3,(H,22,23). The molecule has 2 aromatic carbocycles. The monoisotopic (exact) mass is 346 g/mol. The van der Waals surface area contributed by atoms with Crippen molar-refractivity contribution in [3.8, 4) is 5.75 Å². The van der Waals surface area contributed by atoms with Crippen molar-refractivity contribution in [1.82, 2.24) is 0 Å². The normalized spacial score (nSPS) is 10.5. The lowest BCUT2D eigenvalue weighted by molar-refractivity contribution is -0.114. The van der Waals surface area contributed by atoms with Crippen LogP contribution < -0.4 is 15.4 Å². The molecule has 0 radical (unpaired) electrons. The fraction of sp³-hybridized carbons (Fsp3) is 0.316. The summed E-state index contributed by atoms with van der Waals surface area (Å²) in [6.45, 7) is 6.96. The maximum absolute atomic E-state index is 12.1. The first-order chi connectivity index (χ1) is 11.4. The molecule has 2 aromatic rings. The summed E-state index contributed by atoms with van der Waals surface area (Å²) in [6.07, 6.45) is 0. The number of amides is 1. The third kappa shape index (κ3) is 5.78. The third-order valence-corrected chi connectivity index (χ3v) is 3.58. The van der Waals surface area contributed by atoms with Crippen LogP contribution in [0.1, 0.15) is 19.4 Å². The highest BCUT2D eigenvalue weighted by Gasteiger charge is 2.06. The fourth-order valence-corrected chi connectivity index (χ4v) is 2.26. The lowest BCUT2D eigenvalue weighted by Gasteiger charge is -2.12. The van der Waals surface area contributed by atoms with Crippen LogP contribution in [-0.2, 0) is 4.79 Å². The molecule has 0 unspecified atom stereocenters. The van der Waals surface area contributed by atoms with Crippen molar-refractivity contribution in [3.05, 3.63) is 53.1 Å². The van der Waals surface area contributed by atoms with Gasteiger partial charge in [0.05, 0.1) is 13.2 Å². The molecule has 0 atom stereocenters. The van der Waals surface area contributed by atoms with E-state index in [2.05, 4.69) is 24.5 Å². The number of halogens is 1. The van der Waals surface area contributed by atoms with Gasteiger partial charge in [-0.15, -0.1) is 0 Å². The Labute approximate surface area is 148 Å². The molecule has 0 saturated carbocycles. The van der Waals surface area contributed by atoms with E-state index in [4.69, 9.17) is 16.3 Å². The molecule has 0 spiro atoms. The Bertz CT molecular complexity index is 702. The maximum atomic E-state index is 12.1. The van der Waals surface area contributed by atoms with E-state index in [0.29, 0.717) is 23.2 Å². The summed E-state index contributed by atoms with van der Waals surface area (Å²) in [4.78, 5) is 12.1. The topological polar surface area (TPSA) is 50.4 Å². The van der Waals surface area contributed by atoms with Gasteiger partial charge in [0, 0.05) is 22.5 Å². The summed E-state index contributed by atoms with van der Waals surface area (Å²) < 4.78 is 5.67. The average molecular weight is 347 g/mol. The number of aryl methyl sites for hydroxylation is 1. The molecule has 1 amide bonds. The predicted octanol–water partition coefficient (Wildman–Crippen LogP) is 4.73. The molecule has 128 valence electrons. The van der Waals surface area contributed by atoms with Gasteiger partial charge < -0.3 is 15.4 Å². The lowest BCUT2D eigenvalue weighted by Crippen LogP contribution is -2.22. The molecule has 0 aliphatic heterocycles. The molecule has 24 heavy (non-hydrogen) atoms. The summed E-state index contributed by atoms with van der Waals surface area (Å²) in [5.74, 6) is 1.07. The van der Waals surface area contributed by atoms with Gasteiger partial charge in [0.25, 0.3) is 0 Å². The Morgan fingerprint density at radius 3 is 2.75 bits per heavy atom. The summed E-state index contributed by atoms with van der Waals surface area (Å²) in [6, 6.07) is 13.0. The minimum absolute atomic E-state index is 0.129. The number of benzene rings is 2. The fourth-order valence-electron chi connectivity index (χ4n) is 2.09. The van der Waals surface area contributed by atoms with Crippen LogP contribution in [0.15, 0.2) is 42.5 Å².